The highest BCUT2D eigenvalue weighted by atomic mass is 16.3. The number of nitrogens with one attached hydrogen (secondary N) is 1. The standard InChI is InChI=1S/C14H18N4O2/c1-11-15-8-9-18(11)14-12(5-4-7-16-14)17-13(20)6-2-3-10-19/h4-5,7-9,19H,2-3,6,10H2,1H3,(H,17,20). The lowest BCUT2D eigenvalue weighted by Gasteiger charge is -2.11. The zero-order valence-electron chi connectivity index (χ0n) is 11.4. The quantitative estimate of drug-likeness (QED) is 0.785. The van der Waals surface area contributed by atoms with Gasteiger partial charge >= 0.3 is 0 Å². The number of nitrogens with zero attached hydrogens (tertiary/aromatic N) is 3. The Morgan fingerprint density at radius 1 is 1.35 bits per heavy atom. The largest absolute Gasteiger partial charge is 0.396 e. The molecule has 6 heteroatoms. The maximum atomic E-state index is 11.8. The van der Waals surface area contributed by atoms with E-state index in [0.29, 0.717) is 30.8 Å². The van der Waals surface area contributed by atoms with E-state index in [1.807, 2.05) is 17.6 Å². The molecule has 20 heavy (non-hydrogen) atoms. The number of rotatable bonds is 6. The van der Waals surface area contributed by atoms with Gasteiger partial charge in [0.05, 0.1) is 5.69 Å². The maximum absolute atomic E-state index is 11.8. The smallest absolute Gasteiger partial charge is 0.224 e. The number of anilines is 1. The van der Waals surface area contributed by atoms with Gasteiger partial charge in [-0.05, 0) is 31.9 Å². The summed E-state index contributed by atoms with van der Waals surface area (Å²) < 4.78 is 1.82. The van der Waals surface area contributed by atoms with Crippen molar-refractivity contribution in [3.05, 3.63) is 36.5 Å². The monoisotopic (exact) mass is 274 g/mol. The van der Waals surface area contributed by atoms with Gasteiger partial charge in [0.2, 0.25) is 5.91 Å². The molecule has 0 bridgehead atoms. The first kappa shape index (κ1) is 14.2. The Balaban J connectivity index is 2.13. The van der Waals surface area contributed by atoms with Crippen LogP contribution in [-0.2, 0) is 4.79 Å². The van der Waals surface area contributed by atoms with Gasteiger partial charge in [0.15, 0.2) is 5.82 Å². The molecule has 0 atom stereocenters. The summed E-state index contributed by atoms with van der Waals surface area (Å²) in [5.74, 6) is 1.38. The summed E-state index contributed by atoms with van der Waals surface area (Å²) in [5.41, 5.74) is 0.655. The van der Waals surface area contributed by atoms with E-state index in [9.17, 15) is 4.79 Å². The number of carbonyl (C=O) groups excluding carboxylic acids is 1. The molecule has 0 radical (unpaired) electrons. The molecule has 0 aliphatic rings. The van der Waals surface area contributed by atoms with Crippen LogP contribution in [0.25, 0.3) is 5.82 Å². The summed E-state index contributed by atoms with van der Waals surface area (Å²) in [6.45, 7) is 1.99. The second kappa shape index (κ2) is 6.81. The van der Waals surface area contributed by atoms with Gasteiger partial charge < -0.3 is 10.4 Å². The van der Waals surface area contributed by atoms with Gasteiger partial charge in [-0.25, -0.2) is 9.97 Å². The van der Waals surface area contributed by atoms with Gasteiger partial charge in [-0.1, -0.05) is 0 Å². The van der Waals surface area contributed by atoms with E-state index >= 15 is 0 Å². The minimum atomic E-state index is -0.0783. The fourth-order valence-corrected chi connectivity index (χ4v) is 1.90. The number of carbonyl (C=O) groups is 1. The normalized spacial score (nSPS) is 10.5. The highest BCUT2D eigenvalue weighted by molar-refractivity contribution is 5.92. The SMILES string of the molecule is Cc1nccn1-c1ncccc1NC(=O)CCCCO. The van der Waals surface area contributed by atoms with E-state index in [1.165, 1.54) is 0 Å². The Hall–Kier alpha value is -2.21. The average Bonchev–Trinajstić information content (AvgIpc) is 2.86. The number of unbranched alkanes of at least 4 members (excludes halogenated alkanes) is 1. The number of aliphatic hydroxyl groups excluding tert-OH is 1. The number of amides is 1. The van der Waals surface area contributed by atoms with Gasteiger partial charge in [0, 0.05) is 31.6 Å². The van der Waals surface area contributed by atoms with Gasteiger partial charge in [-0.2, -0.15) is 0 Å². The van der Waals surface area contributed by atoms with E-state index in [2.05, 4.69) is 15.3 Å². The van der Waals surface area contributed by atoms with E-state index in [1.54, 1.807) is 24.7 Å². The van der Waals surface area contributed by atoms with Gasteiger partial charge in [-0.3, -0.25) is 9.36 Å². The fourth-order valence-electron chi connectivity index (χ4n) is 1.90. The van der Waals surface area contributed by atoms with Crippen LogP contribution in [0, 0.1) is 6.92 Å². The van der Waals surface area contributed by atoms with Crippen molar-refractivity contribution in [3.63, 3.8) is 0 Å². The molecule has 6 nitrogen and oxygen atoms in total. The zero-order chi connectivity index (χ0) is 14.4. The summed E-state index contributed by atoms with van der Waals surface area (Å²) in [5, 5.41) is 11.6. The number of aromatic nitrogens is 3. The van der Waals surface area contributed by atoms with Crippen molar-refractivity contribution >= 4 is 11.6 Å². The zero-order valence-corrected chi connectivity index (χ0v) is 11.4. The van der Waals surface area contributed by atoms with Crippen LogP contribution >= 0.6 is 0 Å². The molecule has 0 spiro atoms. The molecule has 0 fully saturated rings. The molecule has 0 saturated carbocycles. The van der Waals surface area contributed by atoms with Crippen LogP contribution in [0.5, 0.6) is 0 Å². The molecular weight excluding hydrogens is 256 g/mol. The topological polar surface area (TPSA) is 80.0 Å². The van der Waals surface area contributed by atoms with Crippen molar-refractivity contribution in [1.29, 1.82) is 0 Å². The van der Waals surface area contributed by atoms with E-state index < -0.39 is 0 Å². The lowest BCUT2D eigenvalue weighted by molar-refractivity contribution is -0.116. The van der Waals surface area contributed by atoms with Crippen molar-refractivity contribution in [2.75, 3.05) is 11.9 Å². The molecular formula is C14H18N4O2. The third-order valence-corrected chi connectivity index (χ3v) is 2.93. The Morgan fingerprint density at radius 3 is 2.90 bits per heavy atom. The number of aliphatic hydroxyl groups is 1. The Bertz CT molecular complexity index is 580. The number of hydrogen-bond acceptors (Lipinski definition) is 4. The Labute approximate surface area is 117 Å². The molecule has 0 saturated heterocycles. The number of hydrogen-bond donors (Lipinski definition) is 2. The lowest BCUT2D eigenvalue weighted by atomic mass is 10.2. The molecule has 2 aromatic heterocycles. The highest BCUT2D eigenvalue weighted by Crippen LogP contribution is 2.18. The van der Waals surface area contributed by atoms with E-state index in [0.717, 1.165) is 5.82 Å². The van der Waals surface area contributed by atoms with Gasteiger partial charge in [-0.15, -0.1) is 0 Å². The summed E-state index contributed by atoms with van der Waals surface area (Å²) in [6.07, 6.45) is 6.86. The molecule has 106 valence electrons. The van der Waals surface area contributed by atoms with E-state index in [4.69, 9.17) is 5.11 Å². The molecule has 2 N–H and O–H groups in total. The molecule has 2 heterocycles. The first-order valence-electron chi connectivity index (χ1n) is 6.58. The van der Waals surface area contributed by atoms with Crippen LogP contribution < -0.4 is 5.32 Å². The van der Waals surface area contributed by atoms with Crippen molar-refractivity contribution < 1.29 is 9.90 Å². The lowest BCUT2D eigenvalue weighted by Crippen LogP contribution is -2.14. The van der Waals surface area contributed by atoms with Crippen LogP contribution in [-0.4, -0.2) is 32.2 Å². The van der Waals surface area contributed by atoms with Gasteiger partial charge in [0.25, 0.3) is 0 Å². The van der Waals surface area contributed by atoms with Crippen molar-refractivity contribution in [1.82, 2.24) is 14.5 Å². The third kappa shape index (κ3) is 3.42. The van der Waals surface area contributed by atoms with Crippen molar-refractivity contribution in [2.45, 2.75) is 26.2 Å². The first-order valence-corrected chi connectivity index (χ1v) is 6.58. The molecule has 0 aliphatic heterocycles. The summed E-state index contributed by atoms with van der Waals surface area (Å²) >= 11 is 0. The fraction of sp³-hybridized carbons (Fsp3) is 0.357. The van der Waals surface area contributed by atoms with Crippen LogP contribution in [0.1, 0.15) is 25.1 Å². The number of aryl methyl sites for hydroxylation is 1. The van der Waals surface area contributed by atoms with Crippen LogP contribution in [0.2, 0.25) is 0 Å². The molecule has 0 aliphatic carbocycles. The summed E-state index contributed by atoms with van der Waals surface area (Å²) in [7, 11) is 0. The second-order valence-corrected chi connectivity index (χ2v) is 4.45. The van der Waals surface area contributed by atoms with Crippen LogP contribution in [0.15, 0.2) is 30.7 Å². The first-order chi connectivity index (χ1) is 9.72. The minimum Gasteiger partial charge on any atom is -0.396 e. The molecule has 1 amide bonds. The Morgan fingerprint density at radius 2 is 2.20 bits per heavy atom. The molecule has 2 aromatic rings. The second-order valence-electron chi connectivity index (χ2n) is 4.45. The third-order valence-electron chi connectivity index (χ3n) is 2.93. The number of imidazole rings is 1. The van der Waals surface area contributed by atoms with Crippen LogP contribution in [0.4, 0.5) is 5.69 Å². The Kier molecular flexibility index (Phi) is 4.84. The molecule has 2 rings (SSSR count). The molecule has 0 unspecified atom stereocenters. The summed E-state index contributed by atoms with van der Waals surface area (Å²) in [6, 6.07) is 3.59. The number of pyridine rings is 1. The maximum Gasteiger partial charge on any atom is 0.224 e. The van der Waals surface area contributed by atoms with Crippen molar-refractivity contribution in [3.8, 4) is 5.82 Å². The predicted octanol–water partition coefficient (Wildman–Crippen LogP) is 1.68. The van der Waals surface area contributed by atoms with Crippen LogP contribution in [0.3, 0.4) is 0 Å². The highest BCUT2D eigenvalue weighted by Gasteiger charge is 2.10. The molecule has 0 aromatic carbocycles. The summed E-state index contributed by atoms with van der Waals surface area (Å²) in [4.78, 5) is 20.3. The van der Waals surface area contributed by atoms with Crippen molar-refractivity contribution in [2.24, 2.45) is 0 Å². The average molecular weight is 274 g/mol. The predicted molar refractivity (Wildman–Crippen MR) is 75.7 cm³/mol. The van der Waals surface area contributed by atoms with Gasteiger partial charge in [0.1, 0.15) is 5.82 Å². The minimum absolute atomic E-state index is 0.0783. The van der Waals surface area contributed by atoms with E-state index in [-0.39, 0.29) is 12.5 Å².